The molecule has 0 amide bonds. The summed E-state index contributed by atoms with van der Waals surface area (Å²) < 4.78 is 15.5. The van der Waals surface area contributed by atoms with E-state index in [-0.39, 0.29) is 0 Å². The van der Waals surface area contributed by atoms with Gasteiger partial charge in [0.05, 0.1) is 0 Å². The van der Waals surface area contributed by atoms with Crippen molar-refractivity contribution in [3.8, 4) is 11.1 Å². The first-order valence-corrected chi connectivity index (χ1v) is 14.7. The highest BCUT2D eigenvalue weighted by Crippen LogP contribution is 2.49. The molecule has 3 heteroatoms. The molecule has 176 valence electrons. The number of rotatable bonds is 4. The highest BCUT2D eigenvalue weighted by molar-refractivity contribution is 7.85. The fourth-order valence-corrected chi connectivity index (χ4v) is 9.09. The van der Waals surface area contributed by atoms with Crippen LogP contribution in [0.25, 0.3) is 11.1 Å². The summed E-state index contributed by atoms with van der Waals surface area (Å²) in [6.07, 6.45) is 9.03. The Balaban J connectivity index is 1.73. The van der Waals surface area contributed by atoms with Crippen LogP contribution in [0.3, 0.4) is 0 Å². The summed E-state index contributed by atoms with van der Waals surface area (Å²) >= 11 is 0. The first-order valence-electron chi connectivity index (χ1n) is 12.9. The van der Waals surface area contributed by atoms with Crippen molar-refractivity contribution in [2.45, 2.75) is 51.4 Å². The van der Waals surface area contributed by atoms with Gasteiger partial charge in [0.2, 0.25) is 0 Å². The van der Waals surface area contributed by atoms with Gasteiger partial charge in [0.25, 0.3) is 0 Å². The highest BCUT2D eigenvalue weighted by Gasteiger charge is 2.35. The second-order valence-corrected chi connectivity index (χ2v) is 12.7. The first kappa shape index (κ1) is 22.4. The fourth-order valence-electron chi connectivity index (χ4n) is 6.20. The SMILES string of the molecule is Nc1ccc2c(c1-c1c(P(=O)(c3ccccc3)c3ccccc3)ccc3c1CCCC3)CCCC2. The van der Waals surface area contributed by atoms with Gasteiger partial charge in [-0.1, -0.05) is 72.8 Å². The van der Waals surface area contributed by atoms with Gasteiger partial charge in [-0.05, 0) is 91.3 Å². The molecule has 2 N–H and O–H groups in total. The average molecular weight is 478 g/mol. The van der Waals surface area contributed by atoms with Gasteiger partial charge < -0.3 is 10.3 Å². The quantitative estimate of drug-likeness (QED) is 0.276. The maximum atomic E-state index is 15.5. The van der Waals surface area contributed by atoms with E-state index in [0.29, 0.717) is 0 Å². The molecule has 0 unspecified atom stereocenters. The molecule has 0 saturated carbocycles. The van der Waals surface area contributed by atoms with Crippen LogP contribution in [-0.4, -0.2) is 0 Å². The lowest BCUT2D eigenvalue weighted by Gasteiger charge is -2.30. The van der Waals surface area contributed by atoms with Crippen molar-refractivity contribution in [1.29, 1.82) is 0 Å². The Hall–Kier alpha value is -3.09. The van der Waals surface area contributed by atoms with Crippen LogP contribution in [0.1, 0.15) is 47.9 Å². The van der Waals surface area contributed by atoms with Crippen LogP contribution in [0.4, 0.5) is 5.69 Å². The van der Waals surface area contributed by atoms with E-state index in [1.54, 1.807) is 0 Å². The predicted octanol–water partition coefficient (Wildman–Crippen LogP) is 6.33. The minimum atomic E-state index is -3.14. The lowest BCUT2D eigenvalue weighted by atomic mass is 9.80. The molecule has 2 nitrogen and oxygen atoms in total. The maximum absolute atomic E-state index is 15.5. The van der Waals surface area contributed by atoms with Crippen molar-refractivity contribution in [1.82, 2.24) is 0 Å². The number of hydrogen-bond donors (Lipinski definition) is 1. The first-order chi connectivity index (χ1) is 17.2. The van der Waals surface area contributed by atoms with Crippen molar-refractivity contribution < 1.29 is 4.57 Å². The Morgan fingerprint density at radius 2 is 1.03 bits per heavy atom. The van der Waals surface area contributed by atoms with Gasteiger partial charge >= 0.3 is 0 Å². The second kappa shape index (κ2) is 9.17. The molecule has 35 heavy (non-hydrogen) atoms. The van der Waals surface area contributed by atoms with Gasteiger partial charge in [-0.15, -0.1) is 0 Å². The van der Waals surface area contributed by atoms with E-state index < -0.39 is 7.14 Å². The van der Waals surface area contributed by atoms with E-state index in [1.807, 2.05) is 60.7 Å². The molecule has 0 aromatic heterocycles. The number of nitrogens with two attached hydrogens (primary N) is 1. The molecule has 2 aliphatic carbocycles. The Bertz CT molecular complexity index is 1380. The summed E-state index contributed by atoms with van der Waals surface area (Å²) in [5.41, 5.74) is 15.5. The van der Waals surface area contributed by atoms with E-state index in [2.05, 4.69) is 24.3 Å². The van der Waals surface area contributed by atoms with Crippen LogP contribution >= 0.6 is 7.14 Å². The zero-order chi connectivity index (χ0) is 23.8. The molecule has 2 aliphatic rings. The molecule has 0 saturated heterocycles. The molecule has 6 rings (SSSR count). The van der Waals surface area contributed by atoms with Crippen molar-refractivity contribution >= 4 is 28.7 Å². The summed E-state index contributed by atoms with van der Waals surface area (Å²) in [5, 5.41) is 2.71. The van der Waals surface area contributed by atoms with Crippen LogP contribution in [0.15, 0.2) is 84.9 Å². The summed E-state index contributed by atoms with van der Waals surface area (Å²) in [6.45, 7) is 0. The van der Waals surface area contributed by atoms with Crippen LogP contribution in [0.5, 0.6) is 0 Å². The molecule has 4 aromatic carbocycles. The summed E-state index contributed by atoms with van der Waals surface area (Å²) in [5.74, 6) is 0. The molecule has 0 bridgehead atoms. The predicted molar refractivity (Wildman–Crippen MR) is 149 cm³/mol. The number of benzene rings is 4. The molecular formula is C32H32NOP. The maximum Gasteiger partial charge on any atom is 0.171 e. The Morgan fingerprint density at radius 3 is 1.60 bits per heavy atom. The normalized spacial score (nSPS) is 15.3. The lowest BCUT2D eigenvalue weighted by molar-refractivity contribution is 0.592. The van der Waals surface area contributed by atoms with Crippen LogP contribution in [-0.2, 0) is 30.2 Å². The van der Waals surface area contributed by atoms with Gasteiger partial charge in [0.1, 0.15) is 0 Å². The zero-order valence-electron chi connectivity index (χ0n) is 20.2. The van der Waals surface area contributed by atoms with Crippen LogP contribution in [0, 0.1) is 0 Å². The molecule has 4 aromatic rings. The molecule has 0 fully saturated rings. The number of fused-ring (bicyclic) bond motifs is 2. The van der Waals surface area contributed by atoms with Gasteiger partial charge in [0.15, 0.2) is 7.14 Å². The average Bonchev–Trinajstić information content (AvgIpc) is 2.93. The Labute approximate surface area is 208 Å². The fraction of sp³-hybridized carbons (Fsp3) is 0.250. The van der Waals surface area contributed by atoms with E-state index >= 15 is 4.57 Å². The molecule has 0 heterocycles. The lowest BCUT2D eigenvalue weighted by Crippen LogP contribution is -2.28. The number of aryl methyl sites for hydroxylation is 2. The van der Waals surface area contributed by atoms with Gasteiger partial charge in [-0.2, -0.15) is 0 Å². The van der Waals surface area contributed by atoms with Crippen molar-refractivity contribution in [2.24, 2.45) is 0 Å². The largest absolute Gasteiger partial charge is 0.398 e. The molecular weight excluding hydrogens is 445 g/mol. The van der Waals surface area contributed by atoms with E-state index in [9.17, 15) is 0 Å². The third kappa shape index (κ3) is 3.76. The van der Waals surface area contributed by atoms with E-state index in [1.165, 1.54) is 47.9 Å². The van der Waals surface area contributed by atoms with Gasteiger partial charge in [0, 0.05) is 27.2 Å². The molecule has 0 radical (unpaired) electrons. The number of nitrogen functional groups attached to an aromatic ring is 1. The summed E-state index contributed by atoms with van der Waals surface area (Å²) in [6, 6.07) is 28.8. The summed E-state index contributed by atoms with van der Waals surface area (Å²) in [7, 11) is -3.14. The summed E-state index contributed by atoms with van der Waals surface area (Å²) in [4.78, 5) is 0. The Kier molecular flexibility index (Phi) is 5.86. The van der Waals surface area contributed by atoms with Crippen molar-refractivity contribution in [3.05, 3.63) is 107 Å². The van der Waals surface area contributed by atoms with Gasteiger partial charge in [-0.3, -0.25) is 0 Å². The second-order valence-electron chi connectivity index (χ2n) is 9.96. The minimum Gasteiger partial charge on any atom is -0.398 e. The van der Waals surface area contributed by atoms with Crippen LogP contribution in [0.2, 0.25) is 0 Å². The molecule has 0 aliphatic heterocycles. The third-order valence-electron chi connectivity index (χ3n) is 7.90. The number of hydrogen-bond acceptors (Lipinski definition) is 2. The van der Waals surface area contributed by atoms with E-state index in [4.69, 9.17) is 5.73 Å². The van der Waals surface area contributed by atoms with Crippen LogP contribution < -0.4 is 21.6 Å². The highest BCUT2D eigenvalue weighted by atomic mass is 31.2. The number of anilines is 1. The minimum absolute atomic E-state index is 0.818. The van der Waals surface area contributed by atoms with E-state index in [0.717, 1.165) is 58.4 Å². The third-order valence-corrected chi connectivity index (χ3v) is 11.0. The van der Waals surface area contributed by atoms with Crippen molar-refractivity contribution in [2.75, 3.05) is 5.73 Å². The van der Waals surface area contributed by atoms with Crippen molar-refractivity contribution in [3.63, 3.8) is 0 Å². The monoisotopic (exact) mass is 477 g/mol. The molecule has 0 spiro atoms. The molecule has 0 atom stereocenters. The smallest absolute Gasteiger partial charge is 0.171 e. The topological polar surface area (TPSA) is 43.1 Å². The standard InChI is InChI=1S/C32H32NOP/c33-29-21-19-23-11-7-9-17-27(23)31(29)32-28-18-10-8-12-24(28)20-22-30(32)35(34,25-13-3-1-4-14-25)26-15-5-2-6-16-26/h1-6,13-16,19-22H,7-12,17-18,33H2. The Morgan fingerprint density at radius 1 is 0.543 bits per heavy atom. The zero-order valence-corrected chi connectivity index (χ0v) is 21.1. The van der Waals surface area contributed by atoms with Gasteiger partial charge in [-0.25, -0.2) is 0 Å².